The Morgan fingerprint density at radius 1 is 1.00 bits per heavy atom. The fraction of sp³-hybridized carbons (Fsp3) is 0.350. The first-order chi connectivity index (χ1) is 11.5. The molecular weight excluding hydrogens is 298 g/mol. The summed E-state index contributed by atoms with van der Waals surface area (Å²) in [6.45, 7) is 8.17. The van der Waals surface area contributed by atoms with Gasteiger partial charge < -0.3 is 9.30 Å². The molecule has 0 fully saturated rings. The van der Waals surface area contributed by atoms with E-state index in [9.17, 15) is 0 Å². The number of hydrogen-bond donors (Lipinski definition) is 1. The second-order valence-electron chi connectivity index (χ2n) is 6.92. The summed E-state index contributed by atoms with van der Waals surface area (Å²) in [5.41, 5.74) is 3.32. The van der Waals surface area contributed by atoms with Gasteiger partial charge in [-0.15, -0.1) is 0 Å². The van der Waals surface area contributed by atoms with E-state index in [1.54, 1.807) is 0 Å². The Hall–Kier alpha value is -2.17. The maximum atomic E-state index is 5.74. The number of imidazole rings is 1. The molecule has 0 bridgehead atoms. The molecule has 0 aliphatic rings. The fourth-order valence-electron chi connectivity index (χ4n) is 2.63. The van der Waals surface area contributed by atoms with Gasteiger partial charge in [0.25, 0.3) is 0 Å². The molecule has 1 aromatic heterocycles. The van der Waals surface area contributed by atoms with E-state index < -0.39 is 0 Å². The molecule has 4 heteroatoms. The minimum absolute atomic E-state index is 0.142. The molecule has 0 saturated heterocycles. The summed E-state index contributed by atoms with van der Waals surface area (Å²) in [7, 11) is 0. The van der Waals surface area contributed by atoms with Gasteiger partial charge in [0.2, 0.25) is 0 Å². The zero-order valence-corrected chi connectivity index (χ0v) is 14.6. The third-order valence-corrected chi connectivity index (χ3v) is 3.81. The van der Waals surface area contributed by atoms with Crippen LogP contribution in [0.1, 0.15) is 32.2 Å². The van der Waals surface area contributed by atoms with Crippen LogP contribution in [0.3, 0.4) is 0 Å². The van der Waals surface area contributed by atoms with Crippen molar-refractivity contribution in [1.29, 1.82) is 0 Å². The Balaban J connectivity index is 1.80. The molecule has 0 atom stereocenters. The van der Waals surface area contributed by atoms with Crippen LogP contribution in [0.15, 0.2) is 54.6 Å². The first-order valence-corrected chi connectivity index (χ1v) is 8.36. The third-order valence-electron chi connectivity index (χ3n) is 3.81. The smallest absolute Gasteiger partial charge is 0.124 e. The number of nitrogens with zero attached hydrogens (tertiary/aromatic N) is 2. The molecule has 0 aliphatic carbocycles. The summed E-state index contributed by atoms with van der Waals surface area (Å²) in [6.07, 6.45) is 0. The summed E-state index contributed by atoms with van der Waals surface area (Å²) in [6, 6.07) is 18.8. The van der Waals surface area contributed by atoms with Gasteiger partial charge >= 0.3 is 0 Å². The van der Waals surface area contributed by atoms with Gasteiger partial charge in [-0.25, -0.2) is 4.98 Å². The summed E-state index contributed by atoms with van der Waals surface area (Å²) in [5, 5.41) is 3.34. The summed E-state index contributed by atoms with van der Waals surface area (Å²) < 4.78 is 8.01. The topological polar surface area (TPSA) is 39.1 Å². The maximum Gasteiger partial charge on any atom is 0.124 e. The van der Waals surface area contributed by atoms with E-state index in [4.69, 9.17) is 9.72 Å². The van der Waals surface area contributed by atoms with Crippen molar-refractivity contribution in [3.8, 4) is 0 Å². The Morgan fingerprint density at radius 3 is 2.46 bits per heavy atom. The standard InChI is InChI=1S/C20H25N3O/c1-20(2,3)24-15-21-13-19-22-17-11-7-8-12-18(17)23(19)14-16-9-5-4-6-10-16/h4-12,21H,13-15H2,1-3H3. The van der Waals surface area contributed by atoms with Gasteiger partial charge in [0.1, 0.15) is 5.82 Å². The molecule has 1 N–H and O–H groups in total. The average Bonchev–Trinajstić information content (AvgIpc) is 2.90. The predicted molar refractivity (Wildman–Crippen MR) is 97.8 cm³/mol. The number of ether oxygens (including phenoxy) is 1. The number of nitrogens with one attached hydrogen (secondary N) is 1. The summed E-state index contributed by atoms with van der Waals surface area (Å²) in [5.74, 6) is 1.03. The van der Waals surface area contributed by atoms with Gasteiger partial charge in [0, 0.05) is 6.54 Å². The molecule has 0 saturated carbocycles. The van der Waals surface area contributed by atoms with Gasteiger partial charge in [-0.05, 0) is 38.5 Å². The molecule has 3 aromatic rings. The molecular formula is C20H25N3O. The highest BCUT2D eigenvalue weighted by molar-refractivity contribution is 5.76. The number of rotatable bonds is 6. The number of para-hydroxylation sites is 2. The SMILES string of the molecule is CC(C)(C)OCNCc1nc2ccccc2n1Cc1ccccc1. The van der Waals surface area contributed by atoms with Crippen molar-refractivity contribution in [2.24, 2.45) is 0 Å². The van der Waals surface area contributed by atoms with Crippen LogP contribution in [0.5, 0.6) is 0 Å². The zero-order valence-electron chi connectivity index (χ0n) is 14.6. The minimum Gasteiger partial charge on any atom is -0.361 e. The molecule has 2 aromatic carbocycles. The predicted octanol–water partition coefficient (Wildman–Crippen LogP) is 3.95. The van der Waals surface area contributed by atoms with Gasteiger partial charge in [0.05, 0.1) is 29.9 Å². The monoisotopic (exact) mass is 323 g/mol. The summed E-state index contributed by atoms with van der Waals surface area (Å²) in [4.78, 5) is 4.79. The summed E-state index contributed by atoms with van der Waals surface area (Å²) >= 11 is 0. The number of aromatic nitrogens is 2. The Bertz CT molecular complexity index is 787. The van der Waals surface area contributed by atoms with Crippen molar-refractivity contribution in [3.63, 3.8) is 0 Å². The van der Waals surface area contributed by atoms with Crippen LogP contribution in [0.25, 0.3) is 11.0 Å². The van der Waals surface area contributed by atoms with E-state index in [2.05, 4.69) is 73.1 Å². The second kappa shape index (κ2) is 7.16. The molecule has 0 amide bonds. The molecule has 126 valence electrons. The highest BCUT2D eigenvalue weighted by Crippen LogP contribution is 2.18. The third kappa shape index (κ3) is 4.22. The average molecular weight is 323 g/mol. The van der Waals surface area contributed by atoms with Crippen molar-refractivity contribution in [2.45, 2.75) is 39.5 Å². The Kier molecular flexibility index (Phi) is 4.97. The van der Waals surface area contributed by atoms with E-state index >= 15 is 0 Å². The highest BCUT2D eigenvalue weighted by atomic mass is 16.5. The van der Waals surface area contributed by atoms with Crippen LogP contribution in [0.2, 0.25) is 0 Å². The van der Waals surface area contributed by atoms with Crippen LogP contribution >= 0.6 is 0 Å². The van der Waals surface area contributed by atoms with Gasteiger partial charge in [0.15, 0.2) is 0 Å². The Labute approximate surface area is 143 Å². The molecule has 3 rings (SSSR count). The lowest BCUT2D eigenvalue weighted by molar-refractivity contribution is -0.0140. The lowest BCUT2D eigenvalue weighted by atomic mass is 10.2. The van der Waals surface area contributed by atoms with Crippen LogP contribution in [0, 0.1) is 0 Å². The first-order valence-electron chi connectivity index (χ1n) is 8.36. The van der Waals surface area contributed by atoms with E-state index in [1.165, 1.54) is 5.56 Å². The van der Waals surface area contributed by atoms with Gasteiger partial charge in [-0.2, -0.15) is 0 Å². The van der Waals surface area contributed by atoms with Crippen molar-refractivity contribution in [2.75, 3.05) is 6.73 Å². The largest absolute Gasteiger partial charge is 0.361 e. The van der Waals surface area contributed by atoms with Crippen molar-refractivity contribution in [3.05, 3.63) is 66.0 Å². The fourth-order valence-corrected chi connectivity index (χ4v) is 2.63. The highest BCUT2D eigenvalue weighted by Gasteiger charge is 2.12. The molecule has 0 aliphatic heterocycles. The lowest BCUT2D eigenvalue weighted by Gasteiger charge is -2.19. The molecule has 24 heavy (non-hydrogen) atoms. The quantitative estimate of drug-likeness (QED) is 0.551. The molecule has 0 spiro atoms. The van der Waals surface area contributed by atoms with Gasteiger partial charge in [-0.1, -0.05) is 42.5 Å². The molecule has 1 heterocycles. The van der Waals surface area contributed by atoms with Crippen LogP contribution in [0.4, 0.5) is 0 Å². The van der Waals surface area contributed by atoms with Crippen LogP contribution in [-0.2, 0) is 17.8 Å². The van der Waals surface area contributed by atoms with Crippen LogP contribution < -0.4 is 5.32 Å². The van der Waals surface area contributed by atoms with Crippen molar-refractivity contribution >= 4 is 11.0 Å². The van der Waals surface area contributed by atoms with E-state index in [-0.39, 0.29) is 5.60 Å². The number of hydrogen-bond acceptors (Lipinski definition) is 3. The number of benzene rings is 2. The molecule has 0 unspecified atom stereocenters. The van der Waals surface area contributed by atoms with E-state index in [0.29, 0.717) is 13.3 Å². The van der Waals surface area contributed by atoms with Crippen molar-refractivity contribution < 1.29 is 4.74 Å². The second-order valence-corrected chi connectivity index (χ2v) is 6.92. The Morgan fingerprint density at radius 2 is 1.71 bits per heavy atom. The van der Waals surface area contributed by atoms with Crippen LogP contribution in [-0.4, -0.2) is 21.9 Å². The normalized spacial score (nSPS) is 12.0. The number of fused-ring (bicyclic) bond motifs is 1. The molecule has 0 radical (unpaired) electrons. The van der Waals surface area contributed by atoms with Gasteiger partial charge in [-0.3, -0.25) is 5.32 Å². The van der Waals surface area contributed by atoms with Crippen molar-refractivity contribution in [1.82, 2.24) is 14.9 Å². The zero-order chi connectivity index (χ0) is 17.0. The minimum atomic E-state index is -0.142. The maximum absolute atomic E-state index is 5.74. The van der Waals surface area contributed by atoms with E-state index in [1.807, 2.05) is 12.1 Å². The molecule has 4 nitrogen and oxygen atoms in total. The lowest BCUT2D eigenvalue weighted by Crippen LogP contribution is -2.28. The first kappa shape index (κ1) is 16.7. The van der Waals surface area contributed by atoms with E-state index in [0.717, 1.165) is 23.4 Å².